The summed E-state index contributed by atoms with van der Waals surface area (Å²) in [7, 11) is 0. The SMILES string of the molecule is C1CCCC2c3c(nnc4c3C3CCCCCCC43)C2CC1. The van der Waals surface area contributed by atoms with E-state index in [-0.39, 0.29) is 0 Å². The lowest BCUT2D eigenvalue weighted by Gasteiger charge is -2.49. The lowest BCUT2D eigenvalue weighted by Crippen LogP contribution is -2.37. The van der Waals surface area contributed by atoms with Gasteiger partial charge in [-0.3, -0.25) is 0 Å². The van der Waals surface area contributed by atoms with Crippen molar-refractivity contribution < 1.29 is 0 Å². The van der Waals surface area contributed by atoms with Gasteiger partial charge in [-0.25, -0.2) is 0 Å². The lowest BCUT2D eigenvalue weighted by molar-refractivity contribution is 0.304. The van der Waals surface area contributed by atoms with Gasteiger partial charge in [0.25, 0.3) is 0 Å². The zero-order valence-corrected chi connectivity index (χ0v) is 13.7. The largest absolute Gasteiger partial charge is 0.155 e. The first-order valence-electron chi connectivity index (χ1n) is 9.85. The molecule has 1 aromatic heterocycles. The molecule has 118 valence electrons. The number of aromatic nitrogens is 2. The average Bonchev–Trinajstić information content (AvgIpc) is 2.47. The van der Waals surface area contributed by atoms with Crippen molar-refractivity contribution in [2.24, 2.45) is 0 Å². The molecule has 2 saturated carbocycles. The second-order valence-electron chi connectivity index (χ2n) is 8.21. The Morgan fingerprint density at radius 3 is 1.23 bits per heavy atom. The fourth-order valence-electron chi connectivity index (χ4n) is 5.94. The molecule has 1 aromatic rings. The fraction of sp³-hybridized carbons (Fsp3) is 0.800. The van der Waals surface area contributed by atoms with Gasteiger partial charge in [0, 0.05) is 11.8 Å². The van der Waals surface area contributed by atoms with Gasteiger partial charge in [-0.1, -0.05) is 51.4 Å². The molecular weight excluding hydrogens is 268 g/mol. The highest BCUT2D eigenvalue weighted by molar-refractivity contribution is 5.55. The fourth-order valence-corrected chi connectivity index (χ4v) is 5.94. The van der Waals surface area contributed by atoms with E-state index >= 15 is 0 Å². The molecule has 22 heavy (non-hydrogen) atoms. The molecule has 5 rings (SSSR count). The van der Waals surface area contributed by atoms with Gasteiger partial charge in [-0.15, -0.1) is 0 Å². The van der Waals surface area contributed by atoms with Gasteiger partial charge in [-0.05, 0) is 48.6 Å². The second-order valence-corrected chi connectivity index (χ2v) is 8.21. The first-order chi connectivity index (χ1) is 10.9. The van der Waals surface area contributed by atoms with E-state index in [1.807, 2.05) is 0 Å². The van der Waals surface area contributed by atoms with E-state index in [2.05, 4.69) is 0 Å². The topological polar surface area (TPSA) is 25.8 Å². The third kappa shape index (κ3) is 1.85. The minimum atomic E-state index is 0.765. The van der Waals surface area contributed by atoms with Crippen LogP contribution in [0.25, 0.3) is 0 Å². The maximum Gasteiger partial charge on any atom is 0.0706 e. The molecule has 2 fully saturated rings. The maximum atomic E-state index is 4.73. The molecule has 4 aliphatic rings. The Morgan fingerprint density at radius 1 is 0.455 bits per heavy atom. The Kier molecular flexibility index (Phi) is 3.27. The first kappa shape index (κ1) is 13.5. The summed E-state index contributed by atoms with van der Waals surface area (Å²) in [6, 6.07) is 0. The summed E-state index contributed by atoms with van der Waals surface area (Å²) in [6.45, 7) is 0. The van der Waals surface area contributed by atoms with Crippen molar-refractivity contribution in [2.75, 3.05) is 0 Å². The molecule has 0 aliphatic heterocycles. The average molecular weight is 296 g/mol. The van der Waals surface area contributed by atoms with E-state index in [1.165, 1.54) is 88.4 Å². The molecule has 2 heteroatoms. The van der Waals surface area contributed by atoms with Gasteiger partial charge in [0.05, 0.1) is 11.4 Å². The summed E-state index contributed by atoms with van der Waals surface area (Å²) in [4.78, 5) is 0. The van der Waals surface area contributed by atoms with Crippen LogP contribution in [-0.2, 0) is 0 Å². The predicted molar refractivity (Wildman–Crippen MR) is 88.4 cm³/mol. The van der Waals surface area contributed by atoms with Gasteiger partial charge in [-0.2, -0.15) is 10.2 Å². The minimum Gasteiger partial charge on any atom is -0.155 e. The van der Waals surface area contributed by atoms with Crippen molar-refractivity contribution in [1.29, 1.82) is 0 Å². The Morgan fingerprint density at radius 2 is 0.818 bits per heavy atom. The molecule has 4 atom stereocenters. The molecule has 0 bridgehead atoms. The zero-order chi connectivity index (χ0) is 14.5. The van der Waals surface area contributed by atoms with E-state index in [1.54, 1.807) is 11.1 Å². The molecule has 4 aliphatic carbocycles. The molecule has 0 saturated heterocycles. The highest BCUT2D eigenvalue weighted by Gasteiger charge is 2.49. The van der Waals surface area contributed by atoms with E-state index < -0.39 is 0 Å². The summed E-state index contributed by atoms with van der Waals surface area (Å²) >= 11 is 0. The van der Waals surface area contributed by atoms with Crippen LogP contribution in [0.1, 0.15) is 123 Å². The third-order valence-corrected chi connectivity index (χ3v) is 7.08. The van der Waals surface area contributed by atoms with Crippen molar-refractivity contribution in [1.82, 2.24) is 10.2 Å². The number of fused-ring (bicyclic) bond motifs is 9. The van der Waals surface area contributed by atoms with E-state index in [0.29, 0.717) is 0 Å². The van der Waals surface area contributed by atoms with E-state index in [0.717, 1.165) is 23.7 Å². The maximum absolute atomic E-state index is 4.73. The second kappa shape index (κ2) is 5.32. The molecule has 0 radical (unpaired) electrons. The number of hydrogen-bond donors (Lipinski definition) is 0. The van der Waals surface area contributed by atoms with Crippen LogP contribution in [0.4, 0.5) is 0 Å². The summed E-state index contributed by atoms with van der Waals surface area (Å²) < 4.78 is 0. The quantitative estimate of drug-likeness (QED) is 0.627. The van der Waals surface area contributed by atoms with Crippen LogP contribution in [0.3, 0.4) is 0 Å². The Hall–Kier alpha value is -0.920. The van der Waals surface area contributed by atoms with Gasteiger partial charge in [0.2, 0.25) is 0 Å². The van der Waals surface area contributed by atoms with Crippen LogP contribution in [0.2, 0.25) is 0 Å². The third-order valence-electron chi connectivity index (χ3n) is 7.08. The van der Waals surface area contributed by atoms with Gasteiger partial charge >= 0.3 is 0 Å². The highest BCUT2D eigenvalue weighted by Crippen LogP contribution is 2.61. The molecule has 0 N–H and O–H groups in total. The van der Waals surface area contributed by atoms with Crippen molar-refractivity contribution in [2.45, 2.75) is 101 Å². The number of rotatable bonds is 0. The number of hydrogen-bond acceptors (Lipinski definition) is 2. The normalized spacial score (nSPS) is 36.7. The van der Waals surface area contributed by atoms with Crippen molar-refractivity contribution in [3.63, 3.8) is 0 Å². The summed E-state index contributed by atoms with van der Waals surface area (Å²) in [5.74, 6) is 3.23. The molecule has 0 aromatic carbocycles. The van der Waals surface area contributed by atoms with E-state index in [4.69, 9.17) is 10.2 Å². The Bertz CT molecular complexity index is 528. The molecule has 1 heterocycles. The summed E-state index contributed by atoms with van der Waals surface area (Å²) in [6.07, 6.45) is 17.0. The standard InChI is InChI=1S/C20H28N2/c1-3-7-11-15-13(9-5-1)17-18-14-10-6-2-4-8-12-16(14)20(18)22-21-19(15)17/h13-16H,1-12H2. The smallest absolute Gasteiger partial charge is 0.0706 e. The minimum absolute atomic E-state index is 0.765. The predicted octanol–water partition coefficient (Wildman–Crippen LogP) is 5.55. The molecular formula is C20H28N2. The van der Waals surface area contributed by atoms with Crippen molar-refractivity contribution >= 4 is 0 Å². The first-order valence-corrected chi connectivity index (χ1v) is 9.85. The van der Waals surface area contributed by atoms with Crippen LogP contribution < -0.4 is 0 Å². The molecule has 4 unspecified atom stereocenters. The van der Waals surface area contributed by atoms with Gasteiger partial charge in [0.15, 0.2) is 0 Å². The van der Waals surface area contributed by atoms with Crippen LogP contribution in [-0.4, -0.2) is 10.2 Å². The van der Waals surface area contributed by atoms with Crippen LogP contribution in [0.15, 0.2) is 0 Å². The monoisotopic (exact) mass is 296 g/mol. The molecule has 2 nitrogen and oxygen atoms in total. The summed E-state index contributed by atoms with van der Waals surface area (Å²) in [5, 5.41) is 9.46. The highest BCUT2D eigenvalue weighted by atomic mass is 15.1. The van der Waals surface area contributed by atoms with Crippen molar-refractivity contribution in [3.8, 4) is 0 Å². The molecule has 0 amide bonds. The van der Waals surface area contributed by atoms with Gasteiger partial charge < -0.3 is 0 Å². The van der Waals surface area contributed by atoms with Crippen LogP contribution >= 0.6 is 0 Å². The van der Waals surface area contributed by atoms with Crippen molar-refractivity contribution in [3.05, 3.63) is 22.5 Å². The van der Waals surface area contributed by atoms with E-state index in [9.17, 15) is 0 Å². The Labute approximate surface area is 134 Å². The van der Waals surface area contributed by atoms with Crippen LogP contribution in [0, 0.1) is 0 Å². The lowest BCUT2D eigenvalue weighted by atomic mass is 9.56. The Balaban J connectivity index is 1.51. The van der Waals surface area contributed by atoms with Gasteiger partial charge in [0.1, 0.15) is 0 Å². The summed E-state index contributed by atoms with van der Waals surface area (Å²) in [5.41, 5.74) is 6.26. The van der Waals surface area contributed by atoms with Crippen LogP contribution in [0.5, 0.6) is 0 Å². The zero-order valence-electron chi connectivity index (χ0n) is 13.7. The molecule has 0 spiro atoms. The number of nitrogens with zero attached hydrogens (tertiary/aromatic N) is 2.